The Bertz CT molecular complexity index is 1000. The third-order valence-electron chi connectivity index (χ3n) is 3.30. The lowest BCUT2D eigenvalue weighted by Crippen LogP contribution is -2.22. The molecule has 0 radical (unpaired) electrons. The van der Waals surface area contributed by atoms with E-state index in [0.29, 0.717) is 21.3 Å². The van der Waals surface area contributed by atoms with Gasteiger partial charge in [0, 0.05) is 10.7 Å². The first-order valence-electron chi connectivity index (χ1n) is 7.02. The lowest BCUT2D eigenvalue weighted by molar-refractivity contribution is -0.255. The summed E-state index contributed by atoms with van der Waals surface area (Å²) in [5.74, 6) is -0.988. The monoisotopic (exact) mass is 394 g/mol. The Balaban J connectivity index is 1.80. The molecule has 1 heterocycles. The molecule has 0 fully saturated rings. The zero-order valence-electron chi connectivity index (χ0n) is 12.5. The number of benzene rings is 2. The summed E-state index contributed by atoms with van der Waals surface area (Å²) < 4.78 is 6.88. The third kappa shape index (κ3) is 4.01. The van der Waals surface area contributed by atoms with Crippen LogP contribution in [0.2, 0.25) is 10.0 Å². The van der Waals surface area contributed by atoms with Crippen LogP contribution in [0, 0.1) is 4.84 Å². The number of aromatic nitrogens is 2. The van der Waals surface area contributed by atoms with Crippen molar-refractivity contribution in [1.82, 2.24) is 9.78 Å². The van der Waals surface area contributed by atoms with Crippen LogP contribution in [-0.2, 0) is 6.67 Å². The van der Waals surface area contributed by atoms with Crippen LogP contribution < -0.4 is 10.4 Å². The summed E-state index contributed by atoms with van der Waals surface area (Å²) in [4.78, 5) is 11.0. The largest absolute Gasteiger partial charge is 0.545 e. The molecule has 9 heteroatoms. The molecule has 0 spiro atoms. The standard InChI is InChI=1S/C16H11Cl2N3O3S/c17-10-4-5-12(13(18)7-10)14-20-21(16(25)24-14)8-19-11-3-1-2-9(6-11)15(22)23/h1-7,19H,8H2,(H,22,23)/p-1. The predicted molar refractivity (Wildman–Crippen MR) is 95.2 cm³/mol. The molecule has 3 rings (SSSR count). The van der Waals surface area contributed by atoms with Crippen LogP contribution in [0.1, 0.15) is 10.4 Å². The summed E-state index contributed by atoms with van der Waals surface area (Å²) in [5.41, 5.74) is 1.22. The zero-order chi connectivity index (χ0) is 18.0. The molecule has 0 amide bonds. The molecule has 0 aliphatic heterocycles. The van der Waals surface area contributed by atoms with Gasteiger partial charge in [-0.15, -0.1) is 5.10 Å². The van der Waals surface area contributed by atoms with Crippen molar-refractivity contribution in [2.24, 2.45) is 0 Å². The van der Waals surface area contributed by atoms with E-state index in [9.17, 15) is 9.90 Å². The predicted octanol–water partition coefficient (Wildman–Crippen LogP) is 3.61. The average Bonchev–Trinajstić information content (AvgIpc) is 2.94. The molecule has 0 aliphatic rings. The molecule has 1 N–H and O–H groups in total. The number of carbonyl (C=O) groups is 1. The highest BCUT2D eigenvalue weighted by Crippen LogP contribution is 2.29. The fraction of sp³-hybridized carbons (Fsp3) is 0.0625. The van der Waals surface area contributed by atoms with Gasteiger partial charge >= 0.3 is 0 Å². The van der Waals surface area contributed by atoms with Crippen molar-refractivity contribution in [2.45, 2.75) is 6.67 Å². The molecule has 0 saturated carbocycles. The van der Waals surface area contributed by atoms with Crippen LogP contribution in [-0.4, -0.2) is 15.7 Å². The molecule has 0 aliphatic carbocycles. The molecule has 2 aromatic carbocycles. The van der Waals surface area contributed by atoms with Crippen molar-refractivity contribution >= 4 is 47.1 Å². The maximum atomic E-state index is 10.9. The van der Waals surface area contributed by atoms with E-state index < -0.39 is 5.97 Å². The topological polar surface area (TPSA) is 83.1 Å². The van der Waals surface area contributed by atoms with Crippen molar-refractivity contribution in [2.75, 3.05) is 5.32 Å². The van der Waals surface area contributed by atoms with Gasteiger partial charge in [0.2, 0.25) is 5.89 Å². The minimum atomic E-state index is -1.25. The van der Waals surface area contributed by atoms with Gasteiger partial charge in [0.1, 0.15) is 6.67 Å². The number of nitrogens with zero attached hydrogens (tertiary/aromatic N) is 2. The van der Waals surface area contributed by atoms with E-state index in [0.717, 1.165) is 0 Å². The maximum Gasteiger partial charge on any atom is 0.289 e. The summed E-state index contributed by atoms with van der Waals surface area (Å²) in [7, 11) is 0. The highest BCUT2D eigenvalue weighted by Gasteiger charge is 2.12. The van der Waals surface area contributed by atoms with E-state index in [-0.39, 0.29) is 23.0 Å². The van der Waals surface area contributed by atoms with E-state index in [1.807, 2.05) is 0 Å². The van der Waals surface area contributed by atoms with Gasteiger partial charge in [-0.05, 0) is 48.1 Å². The zero-order valence-corrected chi connectivity index (χ0v) is 14.9. The average molecular weight is 395 g/mol. The number of nitrogens with one attached hydrogen (secondary N) is 1. The van der Waals surface area contributed by atoms with Gasteiger partial charge in [-0.1, -0.05) is 35.3 Å². The van der Waals surface area contributed by atoms with Crippen molar-refractivity contribution in [3.8, 4) is 11.5 Å². The maximum absolute atomic E-state index is 10.9. The number of hydrogen-bond acceptors (Lipinski definition) is 6. The summed E-state index contributed by atoms with van der Waals surface area (Å²) in [6, 6.07) is 11.2. The van der Waals surface area contributed by atoms with Gasteiger partial charge < -0.3 is 19.6 Å². The molecular weight excluding hydrogens is 385 g/mol. The van der Waals surface area contributed by atoms with Crippen LogP contribution in [0.25, 0.3) is 11.5 Å². The minimum Gasteiger partial charge on any atom is -0.545 e. The fourth-order valence-corrected chi connectivity index (χ4v) is 2.77. The number of halogens is 2. The van der Waals surface area contributed by atoms with Crippen LogP contribution in [0.4, 0.5) is 5.69 Å². The van der Waals surface area contributed by atoms with Crippen molar-refractivity contribution in [1.29, 1.82) is 0 Å². The SMILES string of the molecule is O=C([O-])c1cccc(NCn2nc(-c3ccc(Cl)cc3Cl)oc2=S)c1. The summed E-state index contributed by atoms with van der Waals surface area (Å²) in [6.45, 7) is 0.185. The van der Waals surface area contributed by atoms with Gasteiger partial charge in [0.25, 0.3) is 4.84 Å². The third-order valence-corrected chi connectivity index (χ3v) is 4.14. The molecule has 0 bridgehead atoms. The second-order valence-corrected chi connectivity index (χ2v) is 6.19. The van der Waals surface area contributed by atoms with Gasteiger partial charge in [0.15, 0.2) is 0 Å². The number of hydrogen-bond donors (Lipinski definition) is 1. The Hall–Kier alpha value is -2.35. The van der Waals surface area contributed by atoms with Crippen molar-refractivity contribution < 1.29 is 14.3 Å². The second-order valence-electron chi connectivity index (χ2n) is 5.00. The summed E-state index contributed by atoms with van der Waals surface area (Å²) in [6.07, 6.45) is 0. The summed E-state index contributed by atoms with van der Waals surface area (Å²) in [5, 5.41) is 19.1. The molecular formula is C16H10Cl2N3O3S-. The van der Waals surface area contributed by atoms with E-state index in [1.54, 1.807) is 30.3 Å². The first kappa shape index (κ1) is 17.5. The molecule has 0 atom stereocenters. The number of rotatable bonds is 5. The first-order chi connectivity index (χ1) is 11.9. The lowest BCUT2D eigenvalue weighted by atomic mass is 10.2. The fourth-order valence-electron chi connectivity index (χ4n) is 2.10. The molecule has 6 nitrogen and oxygen atoms in total. The lowest BCUT2D eigenvalue weighted by Gasteiger charge is -2.08. The number of carboxylic acids is 1. The van der Waals surface area contributed by atoms with Gasteiger partial charge in [0.05, 0.1) is 16.6 Å². The Morgan fingerprint density at radius 3 is 2.80 bits per heavy atom. The number of carboxylic acid groups (broad SMARTS) is 1. The first-order valence-corrected chi connectivity index (χ1v) is 8.19. The van der Waals surface area contributed by atoms with E-state index >= 15 is 0 Å². The molecule has 1 aromatic heterocycles. The molecule has 3 aromatic rings. The van der Waals surface area contributed by atoms with Crippen LogP contribution in [0.15, 0.2) is 46.9 Å². The van der Waals surface area contributed by atoms with Crippen molar-refractivity contribution in [3.63, 3.8) is 0 Å². The number of anilines is 1. The van der Waals surface area contributed by atoms with Crippen LogP contribution in [0.5, 0.6) is 0 Å². The number of aromatic carboxylic acids is 1. The molecule has 0 saturated heterocycles. The van der Waals surface area contributed by atoms with Crippen LogP contribution >= 0.6 is 35.4 Å². The van der Waals surface area contributed by atoms with Gasteiger partial charge in [-0.25, -0.2) is 4.68 Å². The van der Waals surface area contributed by atoms with E-state index in [2.05, 4.69) is 10.4 Å². The molecule has 25 heavy (non-hydrogen) atoms. The normalized spacial score (nSPS) is 10.6. The Kier molecular flexibility index (Phi) is 5.08. The van der Waals surface area contributed by atoms with E-state index in [4.69, 9.17) is 39.8 Å². The Morgan fingerprint density at radius 1 is 1.28 bits per heavy atom. The van der Waals surface area contributed by atoms with Crippen LogP contribution in [0.3, 0.4) is 0 Å². The smallest absolute Gasteiger partial charge is 0.289 e. The minimum absolute atomic E-state index is 0.0717. The Labute approximate surface area is 157 Å². The Morgan fingerprint density at radius 2 is 2.08 bits per heavy atom. The number of carbonyl (C=O) groups excluding carboxylic acids is 1. The van der Waals surface area contributed by atoms with Crippen molar-refractivity contribution in [3.05, 3.63) is 62.9 Å². The van der Waals surface area contributed by atoms with Gasteiger partial charge in [-0.3, -0.25) is 0 Å². The summed E-state index contributed by atoms with van der Waals surface area (Å²) >= 11 is 17.2. The molecule has 0 unspecified atom stereocenters. The van der Waals surface area contributed by atoms with E-state index in [1.165, 1.54) is 16.8 Å². The highest BCUT2D eigenvalue weighted by atomic mass is 35.5. The molecule has 128 valence electrons. The van der Waals surface area contributed by atoms with Gasteiger partial charge in [-0.2, -0.15) is 0 Å². The second kappa shape index (κ2) is 7.26. The highest BCUT2D eigenvalue weighted by molar-refractivity contribution is 7.71. The quantitative estimate of drug-likeness (QED) is 0.665.